The van der Waals surface area contributed by atoms with Gasteiger partial charge in [0.05, 0.1) is 0 Å². The molecule has 0 fully saturated rings. The second-order valence-corrected chi connectivity index (χ2v) is 3.56. The third-order valence-electron chi connectivity index (χ3n) is 1.49. The van der Waals surface area contributed by atoms with E-state index in [1.54, 1.807) is 18.0 Å². The maximum absolute atomic E-state index is 5.63. The topological polar surface area (TPSA) is 38.9 Å². The summed E-state index contributed by atoms with van der Waals surface area (Å²) >= 11 is 1.80. The van der Waals surface area contributed by atoms with Crippen LogP contribution in [-0.4, -0.2) is 10.7 Å². The number of aromatic nitrogens is 1. The third-order valence-corrected chi connectivity index (χ3v) is 2.54. The highest BCUT2D eigenvalue weighted by Crippen LogP contribution is 2.23. The van der Waals surface area contributed by atoms with Gasteiger partial charge < -0.3 is 5.73 Å². The van der Waals surface area contributed by atoms with Crippen LogP contribution in [0.2, 0.25) is 0 Å². The van der Waals surface area contributed by atoms with Crippen LogP contribution in [-0.2, 0) is 0 Å². The lowest BCUT2D eigenvalue weighted by Crippen LogP contribution is -1.94. The van der Waals surface area contributed by atoms with Gasteiger partial charge in [0, 0.05) is 16.7 Å². The Morgan fingerprint density at radius 3 is 2.69 bits per heavy atom. The molecule has 1 heterocycles. The van der Waals surface area contributed by atoms with Crippen molar-refractivity contribution in [3.05, 3.63) is 17.8 Å². The number of hydrogen-bond donors (Lipinski definition) is 1. The number of hydrogen-bond acceptors (Lipinski definition) is 3. The Morgan fingerprint density at radius 2 is 2.15 bits per heavy atom. The van der Waals surface area contributed by atoms with Crippen molar-refractivity contribution in [3.63, 3.8) is 0 Å². The molecule has 0 aliphatic rings. The zero-order chi connectivity index (χ0) is 10.3. The highest BCUT2D eigenvalue weighted by Gasteiger charge is 2.00. The molecular formula is C10H14N2S. The van der Waals surface area contributed by atoms with E-state index in [1.165, 1.54) is 4.90 Å². The zero-order valence-electron chi connectivity index (χ0n) is 7.95. The van der Waals surface area contributed by atoms with Crippen LogP contribution in [0.25, 0.3) is 0 Å². The lowest BCUT2D eigenvalue weighted by molar-refractivity contribution is 1.19. The molecule has 70 valence electrons. The smallest absolute Gasteiger partial charge is 0.127 e. The lowest BCUT2D eigenvalue weighted by atomic mass is 10.3. The van der Waals surface area contributed by atoms with Gasteiger partial charge in [-0.2, -0.15) is 0 Å². The summed E-state index contributed by atoms with van der Waals surface area (Å²) in [6.45, 7) is 4.13. The average Bonchev–Trinajstić information content (AvgIpc) is 2.17. The first-order valence-corrected chi connectivity index (χ1v) is 4.91. The molecule has 0 radical (unpaired) electrons. The fourth-order valence-electron chi connectivity index (χ4n) is 0.845. The summed E-state index contributed by atoms with van der Waals surface area (Å²) in [5.41, 5.74) is 6.72. The summed E-state index contributed by atoms with van der Waals surface area (Å²) in [4.78, 5) is 5.22. The normalized spacial score (nSPS) is 8.62. The Labute approximate surface area is 83.9 Å². The predicted octanol–water partition coefficient (Wildman–Crippen LogP) is 2.33. The summed E-state index contributed by atoms with van der Waals surface area (Å²) in [7, 11) is 0. The van der Waals surface area contributed by atoms with Crippen LogP contribution in [0.15, 0.2) is 17.2 Å². The van der Waals surface area contributed by atoms with E-state index in [0.717, 1.165) is 11.3 Å². The van der Waals surface area contributed by atoms with Gasteiger partial charge in [0.1, 0.15) is 5.82 Å². The molecule has 1 aromatic heterocycles. The molecule has 0 amide bonds. The minimum absolute atomic E-state index is 0.642. The van der Waals surface area contributed by atoms with Gasteiger partial charge in [-0.1, -0.05) is 6.92 Å². The molecule has 0 bridgehead atoms. The summed E-state index contributed by atoms with van der Waals surface area (Å²) in [6, 6.07) is 2.00. The summed E-state index contributed by atoms with van der Waals surface area (Å²) in [5, 5.41) is 0. The SMILES string of the molecule is C#C.CCSc1ccnc(N)c1C. The van der Waals surface area contributed by atoms with Crippen molar-refractivity contribution < 1.29 is 0 Å². The second-order valence-electron chi connectivity index (χ2n) is 2.25. The molecule has 2 N–H and O–H groups in total. The van der Waals surface area contributed by atoms with Crippen LogP contribution in [0.1, 0.15) is 12.5 Å². The van der Waals surface area contributed by atoms with Crippen LogP contribution in [0.4, 0.5) is 5.82 Å². The van der Waals surface area contributed by atoms with Crippen molar-refractivity contribution >= 4 is 17.6 Å². The average molecular weight is 194 g/mol. The monoisotopic (exact) mass is 194 g/mol. The van der Waals surface area contributed by atoms with Gasteiger partial charge >= 0.3 is 0 Å². The minimum atomic E-state index is 0.642. The van der Waals surface area contributed by atoms with Gasteiger partial charge in [0.25, 0.3) is 0 Å². The summed E-state index contributed by atoms with van der Waals surface area (Å²) < 4.78 is 0. The third kappa shape index (κ3) is 3.39. The predicted molar refractivity (Wildman–Crippen MR) is 59.7 cm³/mol. The highest BCUT2D eigenvalue weighted by molar-refractivity contribution is 7.99. The van der Waals surface area contributed by atoms with E-state index < -0.39 is 0 Å². The van der Waals surface area contributed by atoms with Crippen LogP contribution in [0.5, 0.6) is 0 Å². The molecule has 13 heavy (non-hydrogen) atoms. The van der Waals surface area contributed by atoms with E-state index in [2.05, 4.69) is 24.8 Å². The number of nitrogen functional groups attached to an aromatic ring is 1. The van der Waals surface area contributed by atoms with E-state index >= 15 is 0 Å². The highest BCUT2D eigenvalue weighted by atomic mass is 32.2. The molecule has 0 saturated heterocycles. The molecular weight excluding hydrogens is 180 g/mol. The number of anilines is 1. The standard InChI is InChI=1S/C8H12N2S.C2H2/c1-3-11-7-4-5-10-8(9)6(7)2;1-2/h4-5H,3H2,1-2H3,(H2,9,10);1-2H. The Hall–Kier alpha value is -1.14. The molecule has 2 nitrogen and oxygen atoms in total. The van der Waals surface area contributed by atoms with Gasteiger partial charge in [0.2, 0.25) is 0 Å². The Morgan fingerprint density at radius 1 is 1.54 bits per heavy atom. The van der Waals surface area contributed by atoms with Crippen molar-refractivity contribution in [3.8, 4) is 12.8 Å². The fourth-order valence-corrected chi connectivity index (χ4v) is 1.63. The number of terminal acetylenes is 1. The van der Waals surface area contributed by atoms with Gasteiger partial charge in [-0.3, -0.25) is 0 Å². The maximum atomic E-state index is 5.63. The molecule has 0 aliphatic heterocycles. The summed E-state index contributed by atoms with van der Waals surface area (Å²) in [6.07, 6.45) is 9.75. The second kappa shape index (κ2) is 6.38. The molecule has 0 unspecified atom stereocenters. The van der Waals surface area contributed by atoms with E-state index in [1.807, 2.05) is 13.0 Å². The van der Waals surface area contributed by atoms with E-state index in [0.29, 0.717) is 5.82 Å². The fraction of sp³-hybridized carbons (Fsp3) is 0.300. The first-order valence-electron chi connectivity index (χ1n) is 3.93. The maximum Gasteiger partial charge on any atom is 0.127 e. The van der Waals surface area contributed by atoms with E-state index in [-0.39, 0.29) is 0 Å². The molecule has 0 saturated carbocycles. The number of pyridine rings is 1. The summed E-state index contributed by atoms with van der Waals surface area (Å²) in [5.74, 6) is 1.72. The van der Waals surface area contributed by atoms with Crippen molar-refractivity contribution in [1.29, 1.82) is 0 Å². The number of nitrogens with zero attached hydrogens (tertiary/aromatic N) is 1. The van der Waals surface area contributed by atoms with Crippen molar-refractivity contribution in [1.82, 2.24) is 4.98 Å². The first-order chi connectivity index (χ1) is 6.25. The van der Waals surface area contributed by atoms with E-state index in [9.17, 15) is 0 Å². The van der Waals surface area contributed by atoms with Crippen LogP contribution in [0, 0.1) is 19.8 Å². The number of rotatable bonds is 2. The quantitative estimate of drug-likeness (QED) is 0.580. The van der Waals surface area contributed by atoms with Crippen LogP contribution >= 0.6 is 11.8 Å². The number of nitrogens with two attached hydrogens (primary N) is 1. The Kier molecular flexibility index (Phi) is 5.82. The van der Waals surface area contributed by atoms with Gasteiger partial charge in [-0.25, -0.2) is 4.98 Å². The molecule has 0 spiro atoms. The zero-order valence-corrected chi connectivity index (χ0v) is 8.77. The van der Waals surface area contributed by atoms with Gasteiger partial charge in [-0.05, 0) is 18.7 Å². The van der Waals surface area contributed by atoms with Gasteiger partial charge in [-0.15, -0.1) is 24.6 Å². The molecule has 1 rings (SSSR count). The molecule has 0 aromatic carbocycles. The largest absolute Gasteiger partial charge is 0.383 e. The minimum Gasteiger partial charge on any atom is -0.383 e. The number of thioether (sulfide) groups is 1. The van der Waals surface area contributed by atoms with Crippen molar-refractivity contribution in [2.24, 2.45) is 0 Å². The van der Waals surface area contributed by atoms with Crippen molar-refractivity contribution in [2.75, 3.05) is 11.5 Å². The Balaban J connectivity index is 0.000000671. The van der Waals surface area contributed by atoms with Gasteiger partial charge in [0.15, 0.2) is 0 Å². The lowest BCUT2D eigenvalue weighted by Gasteiger charge is -2.04. The van der Waals surface area contributed by atoms with Crippen LogP contribution < -0.4 is 5.73 Å². The first kappa shape index (κ1) is 11.9. The molecule has 0 aliphatic carbocycles. The molecule has 1 aromatic rings. The van der Waals surface area contributed by atoms with Crippen molar-refractivity contribution in [2.45, 2.75) is 18.7 Å². The van der Waals surface area contributed by atoms with E-state index in [4.69, 9.17) is 5.73 Å². The molecule has 3 heteroatoms. The Bertz CT molecular complexity index is 281. The molecule has 0 atom stereocenters. The van der Waals surface area contributed by atoms with Crippen LogP contribution in [0.3, 0.4) is 0 Å².